The van der Waals surface area contributed by atoms with Crippen LogP contribution in [0.25, 0.3) is 10.6 Å². The third kappa shape index (κ3) is 3.56. The molecular weight excluding hydrogens is 346 g/mol. The minimum atomic E-state index is -2.80. The van der Waals surface area contributed by atoms with Gasteiger partial charge in [0.1, 0.15) is 0 Å². The molecule has 0 bridgehead atoms. The number of sulfone groups is 1. The van der Waals surface area contributed by atoms with Crippen LogP contribution in [0.1, 0.15) is 12.1 Å². The molecule has 0 amide bonds. The van der Waals surface area contributed by atoms with E-state index in [1.807, 2.05) is 23.6 Å². The van der Waals surface area contributed by atoms with Crippen LogP contribution in [0.4, 0.5) is 0 Å². The molecule has 0 aromatic carbocycles. The average molecular weight is 367 g/mol. The Balaban J connectivity index is 1.31. The van der Waals surface area contributed by atoms with Gasteiger partial charge in [0.15, 0.2) is 15.6 Å². The molecule has 4 rings (SSSR count). The number of hydrogen-bond donors (Lipinski definition) is 0. The quantitative estimate of drug-likeness (QED) is 0.820. The maximum Gasteiger partial charge on any atom is 0.177 e. The molecule has 0 radical (unpaired) electrons. The molecule has 2 aromatic heterocycles. The number of piperazine rings is 1. The van der Waals surface area contributed by atoms with E-state index < -0.39 is 9.84 Å². The zero-order chi connectivity index (χ0) is 16.6. The average Bonchev–Trinajstić information content (AvgIpc) is 3.28. The fraction of sp³-hybridized carbons (Fsp3) is 0.562. The van der Waals surface area contributed by atoms with E-state index in [0.29, 0.717) is 11.5 Å². The van der Waals surface area contributed by atoms with E-state index in [2.05, 4.69) is 15.0 Å². The van der Waals surface area contributed by atoms with Crippen molar-refractivity contribution >= 4 is 21.2 Å². The van der Waals surface area contributed by atoms with Crippen molar-refractivity contribution in [1.82, 2.24) is 15.0 Å². The van der Waals surface area contributed by atoms with Gasteiger partial charge >= 0.3 is 0 Å². The third-order valence-corrected chi connectivity index (χ3v) is 7.48. The topological polar surface area (TPSA) is 66.7 Å². The van der Waals surface area contributed by atoms with Gasteiger partial charge in [-0.25, -0.2) is 8.42 Å². The number of aromatic nitrogens is 1. The first-order valence-electron chi connectivity index (χ1n) is 8.25. The van der Waals surface area contributed by atoms with Crippen LogP contribution in [-0.4, -0.2) is 67.1 Å². The lowest BCUT2D eigenvalue weighted by atomic mass is 10.2. The summed E-state index contributed by atoms with van der Waals surface area (Å²) in [6.45, 7) is 4.52. The fourth-order valence-corrected chi connectivity index (χ4v) is 5.94. The SMILES string of the molecule is O=S1(=O)CC[C@H](N2CCN(Cc3cc(-c4cccs4)on3)CC2)C1. The highest BCUT2D eigenvalue weighted by atomic mass is 32.2. The van der Waals surface area contributed by atoms with Crippen molar-refractivity contribution in [2.24, 2.45) is 0 Å². The van der Waals surface area contributed by atoms with E-state index in [0.717, 1.165) is 55.5 Å². The summed E-state index contributed by atoms with van der Waals surface area (Å²) in [6.07, 6.45) is 0.787. The number of thiophene rings is 1. The third-order valence-electron chi connectivity index (χ3n) is 4.84. The Morgan fingerprint density at radius 1 is 1.29 bits per heavy atom. The summed E-state index contributed by atoms with van der Waals surface area (Å²) in [4.78, 5) is 5.79. The van der Waals surface area contributed by atoms with Gasteiger partial charge in [0.2, 0.25) is 0 Å². The van der Waals surface area contributed by atoms with Crippen LogP contribution in [0.15, 0.2) is 28.1 Å². The first kappa shape index (κ1) is 16.3. The van der Waals surface area contributed by atoms with Gasteiger partial charge in [0, 0.05) is 44.8 Å². The van der Waals surface area contributed by atoms with Crippen molar-refractivity contribution < 1.29 is 12.9 Å². The molecule has 2 aromatic rings. The lowest BCUT2D eigenvalue weighted by molar-refractivity contribution is 0.0985. The zero-order valence-corrected chi connectivity index (χ0v) is 15.1. The number of nitrogens with zero attached hydrogens (tertiary/aromatic N) is 3. The lowest BCUT2D eigenvalue weighted by Crippen LogP contribution is -2.50. The summed E-state index contributed by atoms with van der Waals surface area (Å²) in [5.74, 6) is 1.51. The molecule has 6 nitrogen and oxygen atoms in total. The molecule has 130 valence electrons. The normalized spacial score (nSPS) is 25.2. The zero-order valence-electron chi connectivity index (χ0n) is 13.4. The van der Waals surface area contributed by atoms with E-state index in [-0.39, 0.29) is 6.04 Å². The highest BCUT2D eigenvalue weighted by Gasteiger charge is 2.33. The molecule has 0 unspecified atom stereocenters. The second-order valence-electron chi connectivity index (χ2n) is 6.53. The monoisotopic (exact) mass is 367 g/mol. The summed E-state index contributed by atoms with van der Waals surface area (Å²) in [7, 11) is -2.80. The summed E-state index contributed by atoms with van der Waals surface area (Å²) < 4.78 is 28.7. The molecule has 2 fully saturated rings. The van der Waals surface area contributed by atoms with Crippen LogP contribution in [-0.2, 0) is 16.4 Å². The van der Waals surface area contributed by atoms with Crippen LogP contribution in [0.3, 0.4) is 0 Å². The smallest absolute Gasteiger partial charge is 0.177 e. The molecule has 2 saturated heterocycles. The van der Waals surface area contributed by atoms with E-state index in [1.165, 1.54) is 0 Å². The van der Waals surface area contributed by atoms with Gasteiger partial charge in [0.05, 0.1) is 22.1 Å². The number of hydrogen-bond acceptors (Lipinski definition) is 7. The molecule has 24 heavy (non-hydrogen) atoms. The van der Waals surface area contributed by atoms with Crippen LogP contribution in [0.2, 0.25) is 0 Å². The summed E-state index contributed by atoms with van der Waals surface area (Å²) in [5, 5.41) is 6.21. The Kier molecular flexibility index (Phi) is 4.46. The first-order valence-corrected chi connectivity index (χ1v) is 11.0. The van der Waals surface area contributed by atoms with Crippen LogP contribution >= 0.6 is 11.3 Å². The predicted molar refractivity (Wildman–Crippen MR) is 93.7 cm³/mol. The first-order chi connectivity index (χ1) is 11.6. The van der Waals surface area contributed by atoms with Crippen molar-refractivity contribution in [2.45, 2.75) is 19.0 Å². The van der Waals surface area contributed by atoms with E-state index in [9.17, 15) is 8.42 Å². The van der Waals surface area contributed by atoms with Crippen LogP contribution in [0.5, 0.6) is 0 Å². The van der Waals surface area contributed by atoms with Gasteiger partial charge in [-0.05, 0) is 17.9 Å². The maximum absolute atomic E-state index is 11.6. The van der Waals surface area contributed by atoms with Crippen molar-refractivity contribution in [3.05, 3.63) is 29.3 Å². The van der Waals surface area contributed by atoms with Gasteiger partial charge in [-0.15, -0.1) is 11.3 Å². The second-order valence-corrected chi connectivity index (χ2v) is 9.71. The summed E-state index contributed by atoms with van der Waals surface area (Å²) >= 11 is 1.65. The standard InChI is InChI=1S/C16H21N3O3S2/c20-24(21)9-3-14(12-24)19-6-4-18(5-7-19)11-13-10-15(22-17-13)16-2-1-8-23-16/h1-2,8,10,14H,3-7,9,11-12H2/t14-/m0/s1. The minimum Gasteiger partial charge on any atom is -0.355 e. The van der Waals surface area contributed by atoms with Gasteiger partial charge in [-0.3, -0.25) is 9.80 Å². The highest BCUT2D eigenvalue weighted by molar-refractivity contribution is 7.91. The minimum absolute atomic E-state index is 0.217. The molecule has 1 atom stereocenters. The molecule has 0 aliphatic carbocycles. The highest BCUT2D eigenvalue weighted by Crippen LogP contribution is 2.26. The van der Waals surface area contributed by atoms with Gasteiger partial charge in [-0.2, -0.15) is 0 Å². The van der Waals surface area contributed by atoms with Gasteiger partial charge in [0.25, 0.3) is 0 Å². The molecule has 8 heteroatoms. The van der Waals surface area contributed by atoms with Crippen LogP contribution in [0, 0.1) is 0 Å². The Morgan fingerprint density at radius 2 is 2.12 bits per heavy atom. The van der Waals surface area contributed by atoms with Crippen LogP contribution < -0.4 is 0 Å². The molecular formula is C16H21N3O3S2. The summed E-state index contributed by atoms with van der Waals surface area (Å²) in [5.41, 5.74) is 0.954. The Hall–Kier alpha value is -1.22. The fourth-order valence-electron chi connectivity index (χ4n) is 3.50. The largest absolute Gasteiger partial charge is 0.355 e. The summed E-state index contributed by atoms with van der Waals surface area (Å²) in [6, 6.07) is 6.27. The molecule has 0 spiro atoms. The molecule has 2 aliphatic heterocycles. The Morgan fingerprint density at radius 3 is 2.79 bits per heavy atom. The Labute approximate surface area is 146 Å². The van der Waals surface area contributed by atoms with Crippen molar-refractivity contribution in [2.75, 3.05) is 37.7 Å². The van der Waals surface area contributed by atoms with Crippen molar-refractivity contribution in [1.29, 1.82) is 0 Å². The maximum atomic E-state index is 11.6. The lowest BCUT2D eigenvalue weighted by Gasteiger charge is -2.37. The van der Waals surface area contributed by atoms with Crippen molar-refractivity contribution in [3.8, 4) is 10.6 Å². The van der Waals surface area contributed by atoms with Gasteiger partial charge in [-0.1, -0.05) is 11.2 Å². The second kappa shape index (κ2) is 6.59. The van der Waals surface area contributed by atoms with E-state index >= 15 is 0 Å². The molecule has 0 N–H and O–H groups in total. The molecule has 0 saturated carbocycles. The van der Waals surface area contributed by atoms with Gasteiger partial charge < -0.3 is 4.52 Å². The molecule has 2 aliphatic rings. The molecule has 4 heterocycles. The van der Waals surface area contributed by atoms with E-state index in [4.69, 9.17) is 4.52 Å². The van der Waals surface area contributed by atoms with Crippen molar-refractivity contribution in [3.63, 3.8) is 0 Å². The van der Waals surface area contributed by atoms with E-state index in [1.54, 1.807) is 11.3 Å². The Bertz CT molecular complexity index is 777. The number of rotatable bonds is 4. The predicted octanol–water partition coefficient (Wildman–Crippen LogP) is 1.71.